The molecule has 2 atom stereocenters. The van der Waals surface area contributed by atoms with E-state index < -0.39 is 11.7 Å². The molecular weight excluding hydrogens is 455 g/mol. The molecule has 0 amide bonds. The average molecular weight is 472 g/mol. The summed E-state index contributed by atoms with van der Waals surface area (Å²) in [5, 5.41) is 4.11. The Morgan fingerprint density at radius 3 is 2.44 bits per heavy atom. The second-order valence-corrected chi connectivity index (χ2v) is 9.71. The summed E-state index contributed by atoms with van der Waals surface area (Å²) in [4.78, 5) is 5.98. The number of nitrogens with zero attached hydrogens (tertiary/aromatic N) is 1. The minimum absolute atomic E-state index is 0.181. The van der Waals surface area contributed by atoms with E-state index in [0.717, 1.165) is 45.0 Å². The van der Waals surface area contributed by atoms with E-state index in [1.54, 1.807) is 17.4 Å². The standard InChI is InChI=1S/C28H16F3NOS/c29-28(30,31)23-7-3-4-8-25(23)33-27-22-12-16-6-2-1-5-15(16)11-18(22)21-14-24(32-27)20-13-19(20)17-9-10-34-26(17)21/h1-12,19-20H,13H2. The zero-order valence-electron chi connectivity index (χ0n) is 17.7. The summed E-state index contributed by atoms with van der Waals surface area (Å²) in [6.45, 7) is 0. The molecule has 6 heteroatoms. The number of thiophene rings is 1. The van der Waals surface area contributed by atoms with Gasteiger partial charge < -0.3 is 4.74 Å². The molecule has 2 bridgehead atoms. The van der Waals surface area contributed by atoms with Crippen molar-refractivity contribution in [1.29, 1.82) is 0 Å². The first kappa shape index (κ1) is 19.8. The average Bonchev–Trinajstić information content (AvgIpc) is 3.52. The lowest BCUT2D eigenvalue weighted by atomic mass is 9.93. The Labute approximate surface area is 197 Å². The summed E-state index contributed by atoms with van der Waals surface area (Å²) in [5.41, 5.74) is 7.29. The molecule has 3 aromatic carbocycles. The number of ether oxygens (including phenoxy) is 1. The largest absolute Gasteiger partial charge is 0.438 e. The molecule has 2 aliphatic carbocycles. The van der Waals surface area contributed by atoms with Crippen molar-refractivity contribution in [2.75, 3.05) is 0 Å². The first-order valence-electron chi connectivity index (χ1n) is 11.0. The number of para-hydroxylation sites is 1. The fourth-order valence-electron chi connectivity index (χ4n) is 5.00. The number of hydrogen-bond donors (Lipinski definition) is 0. The van der Waals surface area contributed by atoms with Crippen LogP contribution in [0.25, 0.3) is 16.3 Å². The fourth-order valence-corrected chi connectivity index (χ4v) is 5.98. The van der Waals surface area contributed by atoms with Crippen LogP contribution in [0.3, 0.4) is 0 Å². The van der Waals surface area contributed by atoms with Crippen LogP contribution in [0.1, 0.15) is 39.5 Å². The van der Waals surface area contributed by atoms with Crippen LogP contribution in [0.5, 0.6) is 5.75 Å². The van der Waals surface area contributed by atoms with E-state index in [9.17, 15) is 13.2 Å². The van der Waals surface area contributed by atoms with E-state index in [-0.39, 0.29) is 17.6 Å². The lowest BCUT2D eigenvalue weighted by Gasteiger charge is -2.18. The lowest BCUT2D eigenvalue weighted by Crippen LogP contribution is -2.16. The molecule has 34 heavy (non-hydrogen) atoms. The third-order valence-corrected chi connectivity index (χ3v) is 7.67. The van der Waals surface area contributed by atoms with Crippen LogP contribution >= 0.6 is 11.3 Å². The van der Waals surface area contributed by atoms with Crippen molar-refractivity contribution < 1.29 is 17.9 Å². The Morgan fingerprint density at radius 1 is 0.912 bits per heavy atom. The van der Waals surface area contributed by atoms with E-state index in [0.29, 0.717) is 11.5 Å². The molecule has 3 aliphatic rings. The van der Waals surface area contributed by atoms with Crippen LogP contribution < -0.4 is 4.74 Å². The van der Waals surface area contributed by atoms with E-state index >= 15 is 0 Å². The van der Waals surface area contributed by atoms with Gasteiger partial charge in [-0.25, -0.2) is 4.99 Å². The summed E-state index contributed by atoms with van der Waals surface area (Å²) in [6, 6.07) is 19.4. The Morgan fingerprint density at radius 2 is 1.65 bits per heavy atom. The van der Waals surface area contributed by atoms with Crippen molar-refractivity contribution in [2.45, 2.75) is 18.5 Å². The predicted octanol–water partition coefficient (Wildman–Crippen LogP) is 7.79. The first-order valence-corrected chi connectivity index (χ1v) is 11.9. The Balaban J connectivity index is 1.48. The molecule has 7 rings (SSSR count). The number of fused-ring (bicyclic) bond motifs is 8. The molecule has 1 aromatic heterocycles. The van der Waals surface area contributed by atoms with Gasteiger partial charge >= 0.3 is 6.18 Å². The van der Waals surface area contributed by atoms with Crippen molar-refractivity contribution in [2.24, 2.45) is 10.9 Å². The maximum absolute atomic E-state index is 13.7. The molecule has 2 nitrogen and oxygen atoms in total. The highest BCUT2D eigenvalue weighted by atomic mass is 32.1. The van der Waals surface area contributed by atoms with Crippen LogP contribution in [-0.4, -0.2) is 5.90 Å². The van der Waals surface area contributed by atoms with Crippen molar-refractivity contribution in [1.82, 2.24) is 0 Å². The van der Waals surface area contributed by atoms with Gasteiger partial charge in [0.05, 0.1) is 11.3 Å². The van der Waals surface area contributed by atoms with Gasteiger partial charge in [-0.05, 0) is 64.4 Å². The molecule has 0 saturated heterocycles. The van der Waals surface area contributed by atoms with E-state index in [1.165, 1.54) is 17.7 Å². The number of aliphatic imine (C=N–C) groups is 1. The molecule has 0 radical (unpaired) electrons. The zero-order chi connectivity index (χ0) is 23.0. The minimum Gasteiger partial charge on any atom is -0.438 e. The van der Waals surface area contributed by atoms with E-state index in [4.69, 9.17) is 9.73 Å². The molecule has 4 aromatic rings. The van der Waals surface area contributed by atoms with Crippen molar-refractivity contribution in [3.05, 3.63) is 111 Å². The predicted molar refractivity (Wildman–Crippen MR) is 127 cm³/mol. The van der Waals surface area contributed by atoms with Gasteiger partial charge in [0.25, 0.3) is 0 Å². The number of halogens is 3. The number of rotatable bonds is 1. The molecule has 0 N–H and O–H groups in total. The Bertz CT molecular complexity index is 1600. The molecule has 0 spiro atoms. The second-order valence-electron chi connectivity index (χ2n) is 8.80. The minimum atomic E-state index is -4.53. The first-order chi connectivity index (χ1) is 16.5. The van der Waals surface area contributed by atoms with Crippen LogP contribution in [-0.2, 0) is 6.18 Å². The van der Waals surface area contributed by atoms with Gasteiger partial charge in [-0.1, -0.05) is 42.1 Å². The van der Waals surface area contributed by atoms with Crippen LogP contribution in [0.2, 0.25) is 0 Å². The smallest absolute Gasteiger partial charge is 0.419 e. The number of benzene rings is 3. The molecule has 166 valence electrons. The highest BCUT2D eigenvalue weighted by Gasteiger charge is 2.46. The van der Waals surface area contributed by atoms with Gasteiger partial charge in [0.2, 0.25) is 5.90 Å². The van der Waals surface area contributed by atoms with Crippen LogP contribution in [0, 0.1) is 5.92 Å². The number of allylic oxidation sites excluding steroid dienone is 1. The quantitative estimate of drug-likeness (QED) is 0.260. The summed E-state index contributed by atoms with van der Waals surface area (Å²) in [7, 11) is 0. The lowest BCUT2D eigenvalue weighted by molar-refractivity contribution is -0.138. The molecule has 2 heterocycles. The molecule has 1 aliphatic heterocycles. The molecule has 2 unspecified atom stereocenters. The number of hydrogen-bond acceptors (Lipinski definition) is 3. The highest BCUT2D eigenvalue weighted by molar-refractivity contribution is 7.11. The summed E-state index contributed by atoms with van der Waals surface area (Å²) >= 11 is 1.67. The second kappa shape index (κ2) is 6.95. The Kier molecular flexibility index (Phi) is 4.06. The van der Waals surface area contributed by atoms with Gasteiger partial charge in [-0.15, -0.1) is 11.3 Å². The third-order valence-electron chi connectivity index (χ3n) is 6.72. The molecular formula is C28H16F3NOS. The van der Waals surface area contributed by atoms with Crippen molar-refractivity contribution >= 4 is 33.6 Å². The fraction of sp³-hybridized carbons (Fsp3) is 0.143. The Hall–Kier alpha value is -3.60. The SMILES string of the molecule is FC(F)(F)c1ccccc1OC1=NC2=C=C(c3cc4ccccc4cc31)c1sccc1C1CC21. The zero-order valence-corrected chi connectivity index (χ0v) is 18.5. The normalized spacial score (nSPS) is 20.1. The molecule has 1 saturated carbocycles. The van der Waals surface area contributed by atoms with Gasteiger partial charge in [0.15, 0.2) is 0 Å². The van der Waals surface area contributed by atoms with E-state index in [1.807, 2.05) is 30.3 Å². The summed E-state index contributed by atoms with van der Waals surface area (Å²) in [5.74, 6) is 0.499. The van der Waals surface area contributed by atoms with Crippen molar-refractivity contribution in [3.8, 4) is 5.75 Å². The van der Waals surface area contributed by atoms with Gasteiger partial charge in [0.1, 0.15) is 5.75 Å². The van der Waals surface area contributed by atoms with Crippen LogP contribution in [0.15, 0.2) is 88.5 Å². The van der Waals surface area contributed by atoms with Gasteiger partial charge in [-0.3, -0.25) is 0 Å². The number of alkyl halides is 3. The topological polar surface area (TPSA) is 21.6 Å². The maximum Gasteiger partial charge on any atom is 0.419 e. The third kappa shape index (κ3) is 2.99. The van der Waals surface area contributed by atoms with E-state index in [2.05, 4.69) is 23.2 Å². The van der Waals surface area contributed by atoms with Crippen LogP contribution in [0.4, 0.5) is 13.2 Å². The van der Waals surface area contributed by atoms with Gasteiger partial charge in [0, 0.05) is 27.5 Å². The summed E-state index contributed by atoms with van der Waals surface area (Å²) in [6.07, 6.45) is -3.57. The summed E-state index contributed by atoms with van der Waals surface area (Å²) < 4.78 is 47.2. The highest BCUT2D eigenvalue weighted by Crippen LogP contribution is 2.57. The maximum atomic E-state index is 13.7. The van der Waals surface area contributed by atoms with Gasteiger partial charge in [-0.2, -0.15) is 13.2 Å². The van der Waals surface area contributed by atoms with Crippen molar-refractivity contribution in [3.63, 3.8) is 0 Å². The monoisotopic (exact) mass is 471 g/mol. The molecule has 1 fully saturated rings.